The predicted octanol–water partition coefficient (Wildman–Crippen LogP) is 0.0966. The summed E-state index contributed by atoms with van der Waals surface area (Å²) in [5, 5.41) is 13.4. The SMILES string of the molecule is NCC(O)c1nc(C2CC3CCC2O3)no1. The summed E-state index contributed by atoms with van der Waals surface area (Å²) in [6.07, 6.45) is 2.89. The third-order valence-electron chi connectivity index (χ3n) is 3.40. The lowest BCUT2D eigenvalue weighted by molar-refractivity contribution is 0.0996. The minimum Gasteiger partial charge on any atom is -0.382 e. The highest BCUT2D eigenvalue weighted by Crippen LogP contribution is 2.43. The van der Waals surface area contributed by atoms with Gasteiger partial charge in [0.1, 0.15) is 6.10 Å². The first kappa shape index (κ1) is 10.2. The minimum atomic E-state index is -0.860. The average Bonchev–Trinajstić information content (AvgIpc) is 3.02. The van der Waals surface area contributed by atoms with E-state index >= 15 is 0 Å². The van der Waals surface area contributed by atoms with E-state index in [0.717, 1.165) is 19.3 Å². The predicted molar refractivity (Wildman–Crippen MR) is 53.6 cm³/mol. The lowest BCUT2D eigenvalue weighted by Crippen LogP contribution is -2.16. The Bertz CT molecular complexity index is 381. The number of aromatic nitrogens is 2. The molecule has 3 N–H and O–H groups in total. The van der Waals surface area contributed by atoms with E-state index in [2.05, 4.69) is 10.1 Å². The molecule has 0 aromatic carbocycles. The van der Waals surface area contributed by atoms with Crippen molar-refractivity contribution in [3.05, 3.63) is 11.7 Å². The van der Waals surface area contributed by atoms with Crippen LogP contribution < -0.4 is 5.73 Å². The summed E-state index contributed by atoms with van der Waals surface area (Å²) >= 11 is 0. The molecule has 6 nitrogen and oxygen atoms in total. The summed E-state index contributed by atoms with van der Waals surface area (Å²) in [7, 11) is 0. The van der Waals surface area contributed by atoms with Crippen LogP contribution in [0.3, 0.4) is 0 Å². The van der Waals surface area contributed by atoms with Gasteiger partial charge in [-0.2, -0.15) is 4.98 Å². The molecule has 6 heteroatoms. The van der Waals surface area contributed by atoms with Crippen molar-refractivity contribution < 1.29 is 14.4 Å². The van der Waals surface area contributed by atoms with Crippen LogP contribution in [-0.4, -0.2) is 34.0 Å². The standard InChI is InChI=1S/C10H15N3O3/c11-4-7(14)10-12-9(13-16-10)6-3-5-1-2-8(6)15-5/h5-8,14H,1-4,11H2. The summed E-state index contributed by atoms with van der Waals surface area (Å²) in [6, 6.07) is 0. The van der Waals surface area contributed by atoms with Gasteiger partial charge in [-0.15, -0.1) is 0 Å². The number of nitrogens with two attached hydrogens (primary N) is 1. The summed E-state index contributed by atoms with van der Waals surface area (Å²) in [5.74, 6) is 1.08. The van der Waals surface area contributed by atoms with Gasteiger partial charge in [0.25, 0.3) is 5.89 Å². The molecule has 0 saturated carbocycles. The van der Waals surface area contributed by atoms with Gasteiger partial charge < -0.3 is 20.1 Å². The lowest BCUT2D eigenvalue weighted by atomic mass is 9.89. The first-order valence-corrected chi connectivity index (χ1v) is 5.65. The minimum absolute atomic E-state index is 0.0921. The van der Waals surface area contributed by atoms with Gasteiger partial charge in [-0.3, -0.25) is 0 Å². The van der Waals surface area contributed by atoms with Crippen molar-refractivity contribution in [1.82, 2.24) is 10.1 Å². The van der Waals surface area contributed by atoms with Crippen molar-refractivity contribution in [3.8, 4) is 0 Å². The molecule has 1 aromatic rings. The van der Waals surface area contributed by atoms with Crippen LogP contribution in [0.4, 0.5) is 0 Å². The zero-order valence-corrected chi connectivity index (χ0v) is 8.87. The van der Waals surface area contributed by atoms with Crippen LogP contribution in [0.25, 0.3) is 0 Å². The van der Waals surface area contributed by atoms with E-state index in [1.165, 1.54) is 0 Å². The topological polar surface area (TPSA) is 94.4 Å². The Morgan fingerprint density at radius 3 is 3.00 bits per heavy atom. The van der Waals surface area contributed by atoms with E-state index in [1.54, 1.807) is 0 Å². The first-order chi connectivity index (χ1) is 7.78. The molecule has 0 radical (unpaired) electrons. The number of hydrogen-bond acceptors (Lipinski definition) is 6. The molecule has 1 aromatic heterocycles. The van der Waals surface area contributed by atoms with Gasteiger partial charge in [0.2, 0.25) is 0 Å². The summed E-state index contributed by atoms with van der Waals surface area (Å²) in [4.78, 5) is 4.19. The number of ether oxygens (including phenoxy) is 1. The maximum absolute atomic E-state index is 9.46. The molecule has 88 valence electrons. The Hall–Kier alpha value is -0.980. The van der Waals surface area contributed by atoms with Crippen molar-refractivity contribution in [3.63, 3.8) is 0 Å². The van der Waals surface area contributed by atoms with Gasteiger partial charge in [0.15, 0.2) is 5.82 Å². The maximum atomic E-state index is 9.46. The molecule has 2 aliphatic heterocycles. The number of nitrogens with zero attached hydrogens (tertiary/aromatic N) is 2. The molecule has 3 heterocycles. The highest BCUT2D eigenvalue weighted by molar-refractivity contribution is 5.07. The van der Waals surface area contributed by atoms with Crippen LogP contribution in [0.1, 0.15) is 43.0 Å². The summed E-state index contributed by atoms with van der Waals surface area (Å²) in [6.45, 7) is 0.0921. The highest BCUT2D eigenvalue weighted by Gasteiger charge is 2.43. The molecule has 2 fully saturated rings. The molecule has 4 atom stereocenters. The zero-order chi connectivity index (χ0) is 11.1. The number of aliphatic hydroxyl groups excluding tert-OH is 1. The van der Waals surface area contributed by atoms with Crippen molar-refractivity contribution in [2.75, 3.05) is 6.54 Å². The van der Waals surface area contributed by atoms with Gasteiger partial charge in [0.05, 0.1) is 18.1 Å². The van der Waals surface area contributed by atoms with Crippen molar-refractivity contribution >= 4 is 0 Å². The van der Waals surface area contributed by atoms with Gasteiger partial charge in [0, 0.05) is 6.54 Å². The molecule has 0 spiro atoms. The monoisotopic (exact) mass is 225 g/mol. The Balaban J connectivity index is 1.77. The molecule has 2 bridgehead atoms. The van der Waals surface area contributed by atoms with E-state index in [9.17, 15) is 5.11 Å². The largest absolute Gasteiger partial charge is 0.382 e. The average molecular weight is 225 g/mol. The van der Waals surface area contributed by atoms with Gasteiger partial charge in [-0.25, -0.2) is 0 Å². The van der Waals surface area contributed by atoms with E-state index in [4.69, 9.17) is 15.0 Å². The fourth-order valence-corrected chi connectivity index (χ4v) is 2.54. The fraction of sp³-hybridized carbons (Fsp3) is 0.800. The van der Waals surface area contributed by atoms with Crippen LogP contribution >= 0.6 is 0 Å². The van der Waals surface area contributed by atoms with Crippen LogP contribution in [0, 0.1) is 0 Å². The number of rotatable bonds is 3. The van der Waals surface area contributed by atoms with E-state index in [1.807, 2.05) is 0 Å². The normalized spacial score (nSPS) is 34.5. The lowest BCUT2D eigenvalue weighted by Gasteiger charge is -2.13. The number of hydrogen-bond donors (Lipinski definition) is 2. The third-order valence-corrected chi connectivity index (χ3v) is 3.40. The Kier molecular flexibility index (Phi) is 2.42. The molecule has 0 aliphatic carbocycles. The zero-order valence-electron chi connectivity index (χ0n) is 8.87. The fourth-order valence-electron chi connectivity index (χ4n) is 2.54. The maximum Gasteiger partial charge on any atom is 0.256 e. The molecular weight excluding hydrogens is 210 g/mol. The molecule has 3 rings (SSSR count). The number of fused-ring (bicyclic) bond motifs is 2. The third kappa shape index (κ3) is 1.53. The second kappa shape index (κ2) is 3.80. The molecular formula is C10H15N3O3. The molecule has 4 unspecified atom stereocenters. The second-order valence-electron chi connectivity index (χ2n) is 4.46. The van der Waals surface area contributed by atoms with Gasteiger partial charge >= 0.3 is 0 Å². The molecule has 16 heavy (non-hydrogen) atoms. The van der Waals surface area contributed by atoms with Crippen LogP contribution in [0.2, 0.25) is 0 Å². The highest BCUT2D eigenvalue weighted by atomic mass is 16.5. The Morgan fingerprint density at radius 1 is 1.50 bits per heavy atom. The van der Waals surface area contributed by atoms with Crippen molar-refractivity contribution in [2.24, 2.45) is 5.73 Å². The quantitative estimate of drug-likeness (QED) is 0.757. The Morgan fingerprint density at radius 2 is 2.38 bits per heavy atom. The van der Waals surface area contributed by atoms with Crippen molar-refractivity contribution in [2.45, 2.75) is 43.5 Å². The van der Waals surface area contributed by atoms with Gasteiger partial charge in [-0.1, -0.05) is 5.16 Å². The summed E-state index contributed by atoms with van der Waals surface area (Å²) < 4.78 is 10.7. The Labute approximate surface area is 92.8 Å². The number of aliphatic hydroxyl groups is 1. The molecule has 2 aliphatic rings. The smallest absolute Gasteiger partial charge is 0.256 e. The summed E-state index contributed by atoms with van der Waals surface area (Å²) in [5.41, 5.74) is 5.32. The van der Waals surface area contributed by atoms with E-state index in [-0.39, 0.29) is 24.5 Å². The van der Waals surface area contributed by atoms with Crippen molar-refractivity contribution in [1.29, 1.82) is 0 Å². The van der Waals surface area contributed by atoms with Crippen LogP contribution in [-0.2, 0) is 4.74 Å². The first-order valence-electron chi connectivity index (χ1n) is 5.65. The van der Waals surface area contributed by atoms with E-state index in [0.29, 0.717) is 11.9 Å². The molecule has 2 saturated heterocycles. The molecule has 0 amide bonds. The van der Waals surface area contributed by atoms with Crippen LogP contribution in [0.15, 0.2) is 4.52 Å². The van der Waals surface area contributed by atoms with Crippen LogP contribution in [0.5, 0.6) is 0 Å². The van der Waals surface area contributed by atoms with E-state index < -0.39 is 6.10 Å². The van der Waals surface area contributed by atoms with Gasteiger partial charge in [-0.05, 0) is 19.3 Å². The second-order valence-corrected chi connectivity index (χ2v) is 4.46.